The van der Waals surface area contributed by atoms with E-state index in [0.29, 0.717) is 24.9 Å². The molecular formula is C18H26N4O3. The highest BCUT2D eigenvalue weighted by Crippen LogP contribution is 2.24. The maximum atomic E-state index is 5.89. The number of rotatable bonds is 6. The van der Waals surface area contributed by atoms with Gasteiger partial charge in [0.25, 0.3) is 0 Å². The summed E-state index contributed by atoms with van der Waals surface area (Å²) >= 11 is 0. The Kier molecular flexibility index (Phi) is 5.34. The molecule has 0 unspecified atom stereocenters. The summed E-state index contributed by atoms with van der Waals surface area (Å²) in [6.45, 7) is 8.22. The molecule has 1 saturated heterocycles. The topological polar surface area (TPSA) is 73.5 Å². The van der Waals surface area contributed by atoms with Gasteiger partial charge in [-0.15, -0.1) is 0 Å². The van der Waals surface area contributed by atoms with Gasteiger partial charge in [-0.2, -0.15) is 4.98 Å². The Morgan fingerprint density at radius 2 is 2.20 bits per heavy atom. The van der Waals surface area contributed by atoms with Gasteiger partial charge >= 0.3 is 0 Å². The second kappa shape index (κ2) is 7.49. The number of methoxy groups -OCH3 is 1. The van der Waals surface area contributed by atoms with Gasteiger partial charge in [-0.3, -0.25) is 9.88 Å². The van der Waals surface area contributed by atoms with Crippen LogP contribution in [0.25, 0.3) is 0 Å². The van der Waals surface area contributed by atoms with Gasteiger partial charge in [0.05, 0.1) is 18.8 Å². The summed E-state index contributed by atoms with van der Waals surface area (Å²) in [5.74, 6) is 2.14. The van der Waals surface area contributed by atoms with Crippen molar-refractivity contribution in [2.45, 2.75) is 51.3 Å². The van der Waals surface area contributed by atoms with Crippen LogP contribution in [-0.2, 0) is 16.7 Å². The van der Waals surface area contributed by atoms with Gasteiger partial charge in [0, 0.05) is 31.3 Å². The highest BCUT2D eigenvalue weighted by Gasteiger charge is 2.34. The Hall–Kier alpha value is -1.99. The number of hydrogen-bond acceptors (Lipinski definition) is 7. The standard InChI is InChI=1S/C18H26N4O3/c1-18(2,3)17-20-16(21-25-17)11-22-10-15(23-4)8-13(22)12-24-14-6-5-7-19-9-14/h5-7,9,13,15H,8,10-12H2,1-4H3/t13-,15+/m0/s1. The molecule has 1 fully saturated rings. The summed E-state index contributed by atoms with van der Waals surface area (Å²) in [6.07, 6.45) is 4.57. The summed E-state index contributed by atoms with van der Waals surface area (Å²) in [5.41, 5.74) is -0.145. The van der Waals surface area contributed by atoms with Crippen LogP contribution in [0.2, 0.25) is 0 Å². The molecule has 0 aliphatic carbocycles. The van der Waals surface area contributed by atoms with E-state index in [1.807, 2.05) is 12.1 Å². The van der Waals surface area contributed by atoms with Crippen LogP contribution in [0.5, 0.6) is 5.75 Å². The Balaban J connectivity index is 1.64. The van der Waals surface area contributed by atoms with Gasteiger partial charge in [-0.25, -0.2) is 0 Å². The van der Waals surface area contributed by atoms with E-state index in [-0.39, 0.29) is 17.6 Å². The van der Waals surface area contributed by atoms with Crippen LogP contribution in [0.3, 0.4) is 0 Å². The van der Waals surface area contributed by atoms with E-state index >= 15 is 0 Å². The zero-order valence-corrected chi connectivity index (χ0v) is 15.3. The van der Waals surface area contributed by atoms with Gasteiger partial charge in [-0.1, -0.05) is 25.9 Å². The van der Waals surface area contributed by atoms with Crippen molar-refractivity contribution < 1.29 is 14.0 Å². The third kappa shape index (κ3) is 4.55. The van der Waals surface area contributed by atoms with E-state index in [0.717, 1.165) is 18.7 Å². The number of aromatic nitrogens is 3. The first-order valence-corrected chi connectivity index (χ1v) is 8.58. The molecule has 7 heteroatoms. The maximum Gasteiger partial charge on any atom is 0.232 e. The van der Waals surface area contributed by atoms with E-state index in [2.05, 4.69) is 40.8 Å². The second-order valence-electron chi connectivity index (χ2n) is 7.44. The molecule has 7 nitrogen and oxygen atoms in total. The van der Waals surface area contributed by atoms with Crippen LogP contribution in [0.15, 0.2) is 29.0 Å². The fourth-order valence-electron chi connectivity index (χ4n) is 2.90. The third-order valence-corrected chi connectivity index (χ3v) is 4.35. The van der Waals surface area contributed by atoms with Crippen molar-refractivity contribution in [1.82, 2.24) is 20.0 Å². The molecule has 2 atom stereocenters. The van der Waals surface area contributed by atoms with Crippen LogP contribution in [0.1, 0.15) is 38.9 Å². The van der Waals surface area contributed by atoms with Crippen LogP contribution < -0.4 is 4.74 Å². The summed E-state index contributed by atoms with van der Waals surface area (Å²) in [7, 11) is 1.75. The minimum atomic E-state index is -0.145. The normalized spacial score (nSPS) is 21.6. The van der Waals surface area contributed by atoms with Crippen molar-refractivity contribution >= 4 is 0 Å². The monoisotopic (exact) mass is 346 g/mol. The quantitative estimate of drug-likeness (QED) is 0.795. The number of hydrogen-bond donors (Lipinski definition) is 0. The number of pyridine rings is 1. The molecule has 1 aliphatic rings. The molecule has 0 spiro atoms. The van der Waals surface area contributed by atoms with Crippen molar-refractivity contribution in [2.24, 2.45) is 0 Å². The number of ether oxygens (including phenoxy) is 2. The lowest BCUT2D eigenvalue weighted by Crippen LogP contribution is -2.34. The van der Waals surface area contributed by atoms with Gasteiger partial charge in [0.2, 0.25) is 5.89 Å². The average molecular weight is 346 g/mol. The Morgan fingerprint density at radius 1 is 1.36 bits per heavy atom. The van der Waals surface area contributed by atoms with E-state index in [1.165, 1.54) is 0 Å². The molecule has 0 N–H and O–H groups in total. The smallest absolute Gasteiger partial charge is 0.232 e. The molecule has 0 saturated carbocycles. The molecule has 0 amide bonds. The van der Waals surface area contributed by atoms with Crippen LogP contribution in [-0.4, -0.2) is 52.4 Å². The SMILES string of the molecule is CO[C@@H]1C[C@@H](COc2cccnc2)N(Cc2noc(C(C)(C)C)n2)C1. The first-order valence-electron chi connectivity index (χ1n) is 8.58. The molecule has 136 valence electrons. The lowest BCUT2D eigenvalue weighted by Gasteiger charge is -2.22. The first kappa shape index (κ1) is 17.8. The molecule has 0 aromatic carbocycles. The van der Waals surface area contributed by atoms with Gasteiger partial charge < -0.3 is 14.0 Å². The van der Waals surface area contributed by atoms with Crippen molar-refractivity contribution in [3.8, 4) is 5.75 Å². The highest BCUT2D eigenvalue weighted by molar-refractivity contribution is 5.15. The lowest BCUT2D eigenvalue weighted by molar-refractivity contribution is 0.106. The van der Waals surface area contributed by atoms with Crippen LogP contribution >= 0.6 is 0 Å². The molecular weight excluding hydrogens is 320 g/mol. The fraction of sp³-hybridized carbons (Fsp3) is 0.611. The molecule has 2 aromatic heterocycles. The van der Waals surface area contributed by atoms with E-state index in [1.54, 1.807) is 19.5 Å². The molecule has 3 rings (SSSR count). The molecule has 1 aliphatic heterocycles. The molecule has 0 radical (unpaired) electrons. The zero-order chi connectivity index (χ0) is 17.9. The summed E-state index contributed by atoms with van der Waals surface area (Å²) in [5, 5.41) is 4.13. The van der Waals surface area contributed by atoms with Crippen LogP contribution in [0, 0.1) is 0 Å². The number of nitrogens with zero attached hydrogens (tertiary/aromatic N) is 4. The summed E-state index contributed by atoms with van der Waals surface area (Å²) < 4.78 is 16.8. The van der Waals surface area contributed by atoms with Crippen molar-refractivity contribution in [1.29, 1.82) is 0 Å². The lowest BCUT2D eigenvalue weighted by atomic mass is 9.97. The first-order chi connectivity index (χ1) is 12.0. The van der Waals surface area contributed by atoms with Crippen molar-refractivity contribution in [3.63, 3.8) is 0 Å². The van der Waals surface area contributed by atoms with Crippen molar-refractivity contribution in [2.75, 3.05) is 20.3 Å². The second-order valence-corrected chi connectivity index (χ2v) is 7.44. The minimum Gasteiger partial charge on any atom is -0.490 e. The highest BCUT2D eigenvalue weighted by atomic mass is 16.5. The maximum absolute atomic E-state index is 5.89. The van der Waals surface area contributed by atoms with E-state index < -0.39 is 0 Å². The van der Waals surface area contributed by atoms with Gasteiger partial charge in [0.15, 0.2) is 5.82 Å². The minimum absolute atomic E-state index is 0.145. The molecule has 25 heavy (non-hydrogen) atoms. The van der Waals surface area contributed by atoms with Gasteiger partial charge in [-0.05, 0) is 18.6 Å². The molecule has 0 bridgehead atoms. The summed E-state index contributed by atoms with van der Waals surface area (Å²) in [6, 6.07) is 4.02. The Bertz CT molecular complexity index is 668. The predicted molar refractivity (Wildman–Crippen MR) is 92.3 cm³/mol. The zero-order valence-electron chi connectivity index (χ0n) is 15.3. The van der Waals surface area contributed by atoms with Gasteiger partial charge in [0.1, 0.15) is 12.4 Å². The number of likely N-dealkylation sites (tertiary alicyclic amines) is 1. The average Bonchev–Trinajstić information content (AvgIpc) is 3.21. The largest absolute Gasteiger partial charge is 0.490 e. The third-order valence-electron chi connectivity index (χ3n) is 4.35. The molecule has 3 heterocycles. The summed E-state index contributed by atoms with van der Waals surface area (Å²) in [4.78, 5) is 10.9. The molecule has 2 aromatic rings. The Labute approximate surface area is 148 Å². The van der Waals surface area contributed by atoms with Crippen LogP contribution in [0.4, 0.5) is 0 Å². The van der Waals surface area contributed by atoms with E-state index in [4.69, 9.17) is 14.0 Å². The predicted octanol–water partition coefficient (Wildman–Crippen LogP) is 2.43. The fourth-order valence-corrected chi connectivity index (χ4v) is 2.90. The van der Waals surface area contributed by atoms with Crippen molar-refractivity contribution in [3.05, 3.63) is 36.2 Å². The Morgan fingerprint density at radius 3 is 2.84 bits per heavy atom. The van der Waals surface area contributed by atoms with E-state index in [9.17, 15) is 0 Å².